The van der Waals surface area contributed by atoms with Crippen LogP contribution in [0.2, 0.25) is 18.1 Å². The summed E-state index contributed by atoms with van der Waals surface area (Å²) in [5.41, 5.74) is 0. The highest BCUT2D eigenvalue weighted by molar-refractivity contribution is 7.52. The molecule has 0 amide bonds. The van der Waals surface area contributed by atoms with E-state index >= 15 is 0 Å². The average molecular weight is 352 g/mol. The average Bonchev–Trinajstić information content (AvgIpc) is 2.20. The maximum Gasteiger partial charge on any atom is 0.332 e. The number of carbonyl (C=O) groups excluding carboxylic acids is 1. The van der Waals surface area contributed by atoms with Crippen molar-refractivity contribution in [2.45, 2.75) is 78.1 Å². The van der Waals surface area contributed by atoms with Crippen LogP contribution in [0.15, 0.2) is 0 Å². The largest absolute Gasteiger partial charge is 0.413 e. The van der Waals surface area contributed by atoms with Crippen LogP contribution in [0.3, 0.4) is 0 Å². The Hall–Kier alpha value is -0.00312. The third kappa shape index (κ3) is 9.21. The van der Waals surface area contributed by atoms with Crippen molar-refractivity contribution in [3.05, 3.63) is 0 Å². The van der Waals surface area contributed by atoms with Gasteiger partial charge in [0.05, 0.1) is 6.10 Å². The molecule has 0 aliphatic heterocycles. The van der Waals surface area contributed by atoms with E-state index in [9.17, 15) is 9.36 Å². The fourth-order valence-electron chi connectivity index (χ4n) is 1.86. The van der Waals surface area contributed by atoms with Crippen molar-refractivity contribution in [3.63, 3.8) is 0 Å². The van der Waals surface area contributed by atoms with Gasteiger partial charge in [0.15, 0.2) is 8.32 Å². The molecule has 0 aliphatic rings. The van der Waals surface area contributed by atoms with Crippen LogP contribution in [-0.2, 0) is 13.8 Å². The minimum absolute atomic E-state index is 0.0371. The quantitative estimate of drug-likeness (QED) is 0.485. The summed E-state index contributed by atoms with van der Waals surface area (Å²) in [5, 5.41) is 0.0371. The van der Waals surface area contributed by atoms with E-state index in [-0.39, 0.29) is 17.6 Å². The number of ketones is 1. The summed E-state index contributed by atoms with van der Waals surface area (Å²) < 4.78 is 17.3. The summed E-state index contributed by atoms with van der Waals surface area (Å²) in [4.78, 5) is 29.8. The van der Waals surface area contributed by atoms with Gasteiger partial charge in [-0.15, -0.1) is 0 Å². The summed E-state index contributed by atoms with van der Waals surface area (Å²) >= 11 is 0. The first-order valence-corrected chi connectivity index (χ1v) is 12.6. The van der Waals surface area contributed by atoms with E-state index in [4.69, 9.17) is 14.2 Å². The van der Waals surface area contributed by atoms with Gasteiger partial charge in [0.25, 0.3) is 0 Å². The molecule has 1 atom stereocenters. The summed E-state index contributed by atoms with van der Waals surface area (Å²) in [6.07, 6.45) is 0.831. The molecule has 0 spiro atoms. The molecule has 0 aromatic carbocycles. The smallest absolute Gasteiger partial charge is 0.332 e. The topological polar surface area (TPSA) is 83.8 Å². The minimum Gasteiger partial charge on any atom is -0.413 e. The molecule has 0 radical (unpaired) electrons. The predicted octanol–water partition coefficient (Wildman–Crippen LogP) is 3.95. The highest BCUT2D eigenvalue weighted by Gasteiger charge is 2.39. The Balaban J connectivity index is 4.91. The Morgan fingerprint density at radius 2 is 1.68 bits per heavy atom. The molecule has 0 saturated carbocycles. The van der Waals surface area contributed by atoms with Crippen molar-refractivity contribution in [1.82, 2.24) is 0 Å². The van der Waals surface area contributed by atoms with Crippen molar-refractivity contribution in [3.8, 4) is 0 Å². The van der Waals surface area contributed by atoms with Gasteiger partial charge in [-0.2, -0.15) is 0 Å². The van der Waals surface area contributed by atoms with E-state index in [0.717, 1.165) is 12.8 Å². The standard InChI is InChI=1S/C15H33O5PSi/c1-12(2)8-9-14(10-13(16)11-21(17,18)19)20-22(6,7)15(3,4)5/h12,14H,8-11H2,1-7H3,(H2,17,18,19). The van der Waals surface area contributed by atoms with Crippen LogP contribution in [0, 0.1) is 5.92 Å². The van der Waals surface area contributed by atoms with Gasteiger partial charge >= 0.3 is 7.60 Å². The molecule has 0 aromatic rings. The lowest BCUT2D eigenvalue weighted by atomic mass is 10.0. The monoisotopic (exact) mass is 352 g/mol. The number of Topliss-reactive ketones (excluding diaryl/α,β-unsaturated/α-hetero) is 1. The molecule has 2 N–H and O–H groups in total. The molecule has 0 bridgehead atoms. The number of hydrogen-bond donors (Lipinski definition) is 2. The van der Waals surface area contributed by atoms with Gasteiger partial charge < -0.3 is 14.2 Å². The van der Waals surface area contributed by atoms with Gasteiger partial charge in [-0.05, 0) is 36.9 Å². The van der Waals surface area contributed by atoms with Crippen molar-refractivity contribution in [2.24, 2.45) is 5.92 Å². The summed E-state index contributed by atoms with van der Waals surface area (Å²) in [6.45, 7) is 14.9. The number of hydrogen-bond acceptors (Lipinski definition) is 3. The van der Waals surface area contributed by atoms with Gasteiger partial charge in [-0.25, -0.2) is 0 Å². The van der Waals surface area contributed by atoms with Crippen LogP contribution in [0.1, 0.15) is 53.9 Å². The minimum atomic E-state index is -4.29. The van der Waals surface area contributed by atoms with Crippen LogP contribution in [0.25, 0.3) is 0 Å². The Morgan fingerprint density at radius 3 is 2.05 bits per heavy atom. The second-order valence-corrected chi connectivity index (χ2v) is 14.4. The van der Waals surface area contributed by atoms with Crippen molar-refractivity contribution >= 4 is 21.7 Å². The summed E-state index contributed by atoms with van der Waals surface area (Å²) in [7, 11) is -6.31. The lowest BCUT2D eigenvalue weighted by Crippen LogP contribution is -2.44. The first kappa shape index (κ1) is 22.0. The first-order chi connectivity index (χ1) is 9.64. The van der Waals surface area contributed by atoms with E-state index in [1.165, 1.54) is 0 Å². The Kier molecular flexibility index (Phi) is 8.20. The molecule has 1 unspecified atom stereocenters. The van der Waals surface area contributed by atoms with Crippen LogP contribution in [-0.4, -0.2) is 36.2 Å². The van der Waals surface area contributed by atoms with Crippen molar-refractivity contribution in [1.29, 1.82) is 0 Å². The van der Waals surface area contributed by atoms with Crippen LogP contribution >= 0.6 is 7.60 Å². The molecule has 7 heteroatoms. The van der Waals surface area contributed by atoms with E-state index < -0.39 is 27.9 Å². The molecule has 0 aromatic heterocycles. The highest BCUT2D eigenvalue weighted by Crippen LogP contribution is 2.39. The highest BCUT2D eigenvalue weighted by atomic mass is 31.2. The second kappa shape index (κ2) is 8.20. The molecular formula is C15H33O5PSi. The van der Waals surface area contributed by atoms with E-state index in [2.05, 4.69) is 47.7 Å². The van der Waals surface area contributed by atoms with E-state index in [1.54, 1.807) is 0 Å². The summed E-state index contributed by atoms with van der Waals surface area (Å²) in [5.74, 6) is 0.0863. The van der Waals surface area contributed by atoms with Crippen LogP contribution in [0.4, 0.5) is 0 Å². The Bertz CT molecular complexity index is 409. The molecule has 0 fully saturated rings. The molecule has 0 aliphatic carbocycles. The van der Waals surface area contributed by atoms with Crippen molar-refractivity contribution in [2.75, 3.05) is 6.16 Å². The van der Waals surface area contributed by atoms with Gasteiger partial charge in [-0.1, -0.05) is 34.6 Å². The van der Waals surface area contributed by atoms with Gasteiger partial charge in [-0.3, -0.25) is 9.36 Å². The van der Waals surface area contributed by atoms with Crippen LogP contribution < -0.4 is 0 Å². The molecule has 5 nitrogen and oxygen atoms in total. The Labute approximate surface area is 136 Å². The van der Waals surface area contributed by atoms with Crippen molar-refractivity contribution < 1.29 is 23.6 Å². The zero-order chi connectivity index (χ0) is 17.8. The SMILES string of the molecule is CC(C)CCC(CC(=O)CP(=O)(O)O)O[Si](C)(C)C(C)(C)C. The number of carbonyl (C=O) groups is 1. The second-order valence-electron chi connectivity index (χ2n) is 8.04. The van der Waals surface area contributed by atoms with E-state index in [0.29, 0.717) is 5.92 Å². The molecule has 22 heavy (non-hydrogen) atoms. The fraction of sp³-hybridized carbons (Fsp3) is 0.933. The zero-order valence-electron chi connectivity index (χ0n) is 15.0. The maximum absolute atomic E-state index is 11.9. The van der Waals surface area contributed by atoms with Gasteiger partial charge in [0.1, 0.15) is 11.9 Å². The molecule has 0 heterocycles. The molecule has 132 valence electrons. The third-order valence-electron chi connectivity index (χ3n) is 4.17. The fourth-order valence-corrected chi connectivity index (χ4v) is 3.84. The van der Waals surface area contributed by atoms with Crippen LogP contribution in [0.5, 0.6) is 0 Å². The molecular weight excluding hydrogens is 319 g/mol. The zero-order valence-corrected chi connectivity index (χ0v) is 16.9. The number of rotatable bonds is 9. The maximum atomic E-state index is 11.9. The third-order valence-corrected chi connectivity index (χ3v) is 9.47. The Morgan fingerprint density at radius 1 is 1.18 bits per heavy atom. The predicted molar refractivity (Wildman–Crippen MR) is 92.7 cm³/mol. The summed E-state index contributed by atoms with van der Waals surface area (Å²) in [6, 6.07) is 0. The lowest BCUT2D eigenvalue weighted by molar-refractivity contribution is -0.118. The van der Waals surface area contributed by atoms with Gasteiger partial charge in [0, 0.05) is 6.42 Å². The lowest BCUT2D eigenvalue weighted by Gasteiger charge is -2.39. The normalized spacial score (nSPS) is 15.2. The van der Waals surface area contributed by atoms with Gasteiger partial charge in [0.2, 0.25) is 0 Å². The molecule has 0 saturated heterocycles. The van der Waals surface area contributed by atoms with E-state index in [1.807, 2.05) is 0 Å². The first-order valence-electron chi connectivity index (χ1n) is 7.88. The molecule has 0 rings (SSSR count).